The molecular weight excluding hydrogens is 562 g/mol. The Morgan fingerprint density at radius 2 is 1.93 bits per heavy atom. The molecule has 1 aliphatic heterocycles. The van der Waals surface area contributed by atoms with Gasteiger partial charge in [0.15, 0.2) is 5.82 Å². The largest absolute Gasteiger partial charge is 0.471 e. The second-order valence-electron chi connectivity index (χ2n) is 9.78. The summed E-state index contributed by atoms with van der Waals surface area (Å²) in [5, 5.41) is 8.94. The number of halogens is 2. The van der Waals surface area contributed by atoms with Gasteiger partial charge in [0, 0.05) is 18.6 Å². The summed E-state index contributed by atoms with van der Waals surface area (Å²) in [7, 11) is 1.33. The van der Waals surface area contributed by atoms with Crippen LogP contribution in [0.3, 0.4) is 0 Å². The number of thiophene rings is 1. The predicted molar refractivity (Wildman–Crippen MR) is 151 cm³/mol. The van der Waals surface area contributed by atoms with E-state index in [-0.39, 0.29) is 25.0 Å². The normalized spacial score (nSPS) is 14.4. The van der Waals surface area contributed by atoms with Crippen LogP contribution in [0.5, 0.6) is 5.88 Å². The first kappa shape index (κ1) is 27.5. The molecule has 11 heteroatoms. The Morgan fingerprint density at radius 1 is 1.12 bits per heavy atom. The Morgan fingerprint density at radius 3 is 2.62 bits per heavy atom. The molecule has 1 saturated heterocycles. The minimum absolute atomic E-state index is 0.0349. The van der Waals surface area contributed by atoms with E-state index in [9.17, 15) is 9.18 Å². The molecule has 0 bridgehead atoms. The standard InChI is InChI=1S/C31H24F2N4O4S/c1-39-31(38)27-14-26-30(42-27)36-28(37(26)16-22-10-11-40-22)13-20-6-7-21(12-24(20)33)25-9-8-23(32)29(35-25)41-17-19-4-2-18(15-34)3-5-19/h2-9,12,14,22H,10-11,13,16-17H2,1H3. The Bertz CT molecular complexity index is 1820. The fourth-order valence-electron chi connectivity index (χ4n) is 4.67. The van der Waals surface area contributed by atoms with Crippen LogP contribution in [0.4, 0.5) is 8.78 Å². The summed E-state index contributed by atoms with van der Waals surface area (Å²) in [6, 6.07) is 18.0. The third-order valence-electron chi connectivity index (χ3n) is 7.06. The molecule has 6 rings (SSSR count). The molecule has 0 spiro atoms. The van der Waals surface area contributed by atoms with Crippen LogP contribution < -0.4 is 4.74 Å². The smallest absolute Gasteiger partial charge is 0.348 e. The van der Waals surface area contributed by atoms with Crippen LogP contribution in [0, 0.1) is 23.0 Å². The highest BCUT2D eigenvalue weighted by Crippen LogP contribution is 2.31. The van der Waals surface area contributed by atoms with Gasteiger partial charge in [0.2, 0.25) is 0 Å². The molecule has 0 amide bonds. The number of fused-ring (bicyclic) bond motifs is 1. The maximum atomic E-state index is 15.4. The molecule has 5 aromatic rings. The third kappa shape index (κ3) is 5.59. The van der Waals surface area contributed by atoms with Crippen molar-refractivity contribution in [1.29, 1.82) is 5.26 Å². The number of pyridine rings is 1. The van der Waals surface area contributed by atoms with E-state index in [0.29, 0.717) is 51.1 Å². The molecule has 1 aliphatic rings. The molecule has 0 aliphatic carbocycles. The summed E-state index contributed by atoms with van der Waals surface area (Å²) in [6.07, 6.45) is 1.18. The monoisotopic (exact) mass is 586 g/mol. The third-order valence-corrected chi connectivity index (χ3v) is 8.06. The van der Waals surface area contributed by atoms with E-state index < -0.39 is 17.6 Å². The molecule has 42 heavy (non-hydrogen) atoms. The molecule has 2 aromatic carbocycles. The Balaban J connectivity index is 1.23. The number of hydrogen-bond acceptors (Lipinski definition) is 8. The molecular formula is C31H24F2N4O4S. The van der Waals surface area contributed by atoms with Crippen LogP contribution in [-0.4, -0.2) is 40.3 Å². The molecule has 0 N–H and O–H groups in total. The van der Waals surface area contributed by atoms with Gasteiger partial charge in [-0.05, 0) is 53.9 Å². The Hall–Kier alpha value is -4.66. The van der Waals surface area contributed by atoms with Crippen molar-refractivity contribution in [3.8, 4) is 23.2 Å². The van der Waals surface area contributed by atoms with E-state index >= 15 is 4.39 Å². The van der Waals surface area contributed by atoms with Crippen LogP contribution in [0.15, 0.2) is 60.7 Å². The highest BCUT2D eigenvalue weighted by molar-refractivity contribution is 7.20. The van der Waals surface area contributed by atoms with Gasteiger partial charge in [-0.3, -0.25) is 0 Å². The fraction of sp³-hybridized carbons (Fsp3) is 0.226. The van der Waals surface area contributed by atoms with Crippen molar-refractivity contribution in [3.05, 3.63) is 99.7 Å². The van der Waals surface area contributed by atoms with Crippen molar-refractivity contribution in [2.45, 2.75) is 32.1 Å². The van der Waals surface area contributed by atoms with Crippen molar-refractivity contribution in [2.24, 2.45) is 0 Å². The second-order valence-corrected chi connectivity index (χ2v) is 10.8. The first-order valence-corrected chi connectivity index (χ1v) is 14.0. The fourth-order valence-corrected chi connectivity index (χ4v) is 5.64. The van der Waals surface area contributed by atoms with E-state index in [2.05, 4.69) is 4.98 Å². The predicted octanol–water partition coefficient (Wildman–Crippen LogP) is 6.05. The molecule has 8 nitrogen and oxygen atoms in total. The van der Waals surface area contributed by atoms with E-state index in [1.54, 1.807) is 42.5 Å². The lowest BCUT2D eigenvalue weighted by molar-refractivity contribution is -0.0589. The number of benzene rings is 2. The summed E-state index contributed by atoms with van der Waals surface area (Å²) in [5.74, 6) is -1.06. The highest BCUT2D eigenvalue weighted by Gasteiger charge is 2.24. The zero-order valence-corrected chi connectivity index (χ0v) is 23.3. The minimum atomic E-state index is -0.637. The van der Waals surface area contributed by atoms with E-state index in [1.165, 1.54) is 36.6 Å². The minimum Gasteiger partial charge on any atom is -0.471 e. The van der Waals surface area contributed by atoms with E-state index in [1.807, 2.05) is 10.6 Å². The molecule has 3 aromatic heterocycles. The Labute approximate surface area is 243 Å². The lowest BCUT2D eigenvalue weighted by Gasteiger charge is -2.27. The molecule has 0 saturated carbocycles. The van der Waals surface area contributed by atoms with Gasteiger partial charge < -0.3 is 18.8 Å². The van der Waals surface area contributed by atoms with Crippen molar-refractivity contribution in [3.63, 3.8) is 0 Å². The maximum absolute atomic E-state index is 15.4. The van der Waals surface area contributed by atoms with Gasteiger partial charge in [-0.1, -0.05) is 24.3 Å². The van der Waals surface area contributed by atoms with Crippen LogP contribution in [-0.2, 0) is 29.0 Å². The average molecular weight is 587 g/mol. The summed E-state index contributed by atoms with van der Waals surface area (Å²) < 4.78 is 47.9. The van der Waals surface area contributed by atoms with Crippen molar-refractivity contribution in [2.75, 3.05) is 13.7 Å². The molecule has 0 radical (unpaired) electrons. The number of carbonyl (C=O) groups excluding carboxylic acids is 1. The zero-order valence-electron chi connectivity index (χ0n) is 22.5. The number of nitriles is 1. The molecule has 212 valence electrons. The van der Waals surface area contributed by atoms with Crippen LogP contribution >= 0.6 is 11.3 Å². The number of aromatic nitrogens is 3. The molecule has 4 heterocycles. The number of rotatable bonds is 9. The number of esters is 1. The first-order chi connectivity index (χ1) is 20.4. The van der Waals surface area contributed by atoms with E-state index in [4.69, 9.17) is 24.5 Å². The summed E-state index contributed by atoms with van der Waals surface area (Å²) in [6.45, 7) is 1.31. The number of hydrogen-bond donors (Lipinski definition) is 0. The second kappa shape index (κ2) is 11.7. The van der Waals surface area contributed by atoms with Gasteiger partial charge in [0.05, 0.1) is 42.6 Å². The lowest BCUT2D eigenvalue weighted by atomic mass is 10.0. The van der Waals surface area contributed by atoms with Gasteiger partial charge >= 0.3 is 5.97 Å². The first-order valence-electron chi connectivity index (χ1n) is 13.2. The quantitative estimate of drug-likeness (QED) is 0.194. The molecule has 1 atom stereocenters. The van der Waals surface area contributed by atoms with Gasteiger partial charge in [0.25, 0.3) is 5.88 Å². The number of ether oxygens (including phenoxy) is 3. The van der Waals surface area contributed by atoms with Crippen molar-refractivity contribution < 1.29 is 27.8 Å². The molecule has 1 fully saturated rings. The van der Waals surface area contributed by atoms with Crippen LogP contribution in [0.1, 0.15) is 38.6 Å². The zero-order chi connectivity index (χ0) is 29.2. The number of imidazole rings is 1. The van der Waals surface area contributed by atoms with Gasteiger partial charge in [-0.25, -0.2) is 23.5 Å². The SMILES string of the molecule is COC(=O)c1cc2c(nc(Cc3ccc(-c4ccc(F)c(OCc5ccc(C#N)cc5)n4)cc3F)n2CC2CCO2)s1. The Kier molecular flexibility index (Phi) is 7.65. The van der Waals surface area contributed by atoms with Crippen LogP contribution in [0.25, 0.3) is 21.6 Å². The number of methoxy groups -OCH3 is 1. The highest BCUT2D eigenvalue weighted by atomic mass is 32.1. The van der Waals surface area contributed by atoms with Gasteiger partial charge in [0.1, 0.15) is 28.0 Å². The number of nitrogens with zero attached hydrogens (tertiary/aromatic N) is 4. The van der Waals surface area contributed by atoms with Gasteiger partial charge in [-0.15, -0.1) is 11.3 Å². The van der Waals surface area contributed by atoms with Crippen LogP contribution in [0.2, 0.25) is 0 Å². The average Bonchev–Trinajstić information content (AvgIpc) is 3.53. The van der Waals surface area contributed by atoms with Crippen molar-refractivity contribution >= 4 is 27.7 Å². The lowest BCUT2D eigenvalue weighted by Crippen LogP contribution is -2.31. The maximum Gasteiger partial charge on any atom is 0.348 e. The van der Waals surface area contributed by atoms with Crippen molar-refractivity contribution in [1.82, 2.24) is 14.5 Å². The van der Waals surface area contributed by atoms with Gasteiger partial charge in [-0.2, -0.15) is 5.26 Å². The summed E-state index contributed by atoms with van der Waals surface area (Å²) in [4.78, 5) is 22.2. The summed E-state index contributed by atoms with van der Waals surface area (Å²) in [5.41, 5.74) is 3.30. The molecule has 1 unspecified atom stereocenters. The van der Waals surface area contributed by atoms with E-state index in [0.717, 1.165) is 17.5 Å². The number of carbonyl (C=O) groups is 1. The summed E-state index contributed by atoms with van der Waals surface area (Å²) >= 11 is 1.23. The topological polar surface area (TPSA) is 99.3 Å².